The zero-order chi connectivity index (χ0) is 18.9. The number of nitrogens with one attached hydrogen (secondary N) is 2. The molecule has 0 aliphatic carbocycles. The predicted octanol–water partition coefficient (Wildman–Crippen LogP) is 3.54. The summed E-state index contributed by atoms with van der Waals surface area (Å²) in [5.74, 6) is 2.23. The molecule has 1 aromatic heterocycles. The first-order chi connectivity index (χ1) is 12.5. The fourth-order valence-electron chi connectivity index (χ4n) is 2.52. The number of aryl methyl sites for hydroxylation is 1. The summed E-state index contributed by atoms with van der Waals surface area (Å²) in [6.45, 7) is 7.96. The summed E-state index contributed by atoms with van der Waals surface area (Å²) in [5.41, 5.74) is 2.40. The van der Waals surface area contributed by atoms with Gasteiger partial charge in [-0.2, -0.15) is 5.10 Å². The van der Waals surface area contributed by atoms with E-state index >= 15 is 0 Å². The van der Waals surface area contributed by atoms with Crippen LogP contribution >= 0.6 is 24.0 Å². The van der Waals surface area contributed by atoms with Crippen molar-refractivity contribution in [2.45, 2.75) is 33.2 Å². The first-order valence-corrected chi connectivity index (χ1v) is 9.15. The summed E-state index contributed by atoms with van der Waals surface area (Å²) < 4.78 is 7.56. The minimum atomic E-state index is 0. The molecule has 150 valence electrons. The van der Waals surface area contributed by atoms with Gasteiger partial charge in [0.05, 0.1) is 18.8 Å². The van der Waals surface area contributed by atoms with Gasteiger partial charge in [-0.3, -0.25) is 9.67 Å². The fourth-order valence-corrected chi connectivity index (χ4v) is 2.52. The molecule has 2 N–H and O–H groups in total. The molecule has 0 aliphatic heterocycles. The second kappa shape index (κ2) is 11.8. The number of ether oxygens (including phenoxy) is 1. The highest BCUT2D eigenvalue weighted by molar-refractivity contribution is 14.0. The van der Waals surface area contributed by atoms with Crippen molar-refractivity contribution in [1.82, 2.24) is 20.4 Å². The van der Waals surface area contributed by atoms with Crippen LogP contribution in [0.5, 0.6) is 5.75 Å². The third kappa shape index (κ3) is 8.19. The molecule has 0 amide bonds. The smallest absolute Gasteiger partial charge is 0.191 e. The van der Waals surface area contributed by atoms with E-state index in [4.69, 9.17) is 4.74 Å². The lowest BCUT2D eigenvalue weighted by Crippen LogP contribution is -2.39. The van der Waals surface area contributed by atoms with Gasteiger partial charge < -0.3 is 15.4 Å². The van der Waals surface area contributed by atoms with Crippen LogP contribution in [0.2, 0.25) is 0 Å². The Morgan fingerprint density at radius 3 is 2.48 bits per heavy atom. The van der Waals surface area contributed by atoms with Crippen LogP contribution < -0.4 is 15.4 Å². The molecule has 0 saturated heterocycles. The molecule has 6 nitrogen and oxygen atoms in total. The normalized spacial score (nSPS) is 12.4. The second-order valence-corrected chi connectivity index (χ2v) is 6.91. The quantitative estimate of drug-likeness (QED) is 0.341. The van der Waals surface area contributed by atoms with Gasteiger partial charge in [-0.25, -0.2) is 0 Å². The third-order valence-corrected chi connectivity index (χ3v) is 4.00. The monoisotopic (exact) mass is 485 g/mol. The average molecular weight is 485 g/mol. The molecule has 1 unspecified atom stereocenters. The third-order valence-electron chi connectivity index (χ3n) is 4.00. The average Bonchev–Trinajstić information content (AvgIpc) is 3.04. The summed E-state index contributed by atoms with van der Waals surface area (Å²) in [4.78, 5) is 4.31. The molecule has 7 heteroatoms. The molecule has 27 heavy (non-hydrogen) atoms. The Balaban J connectivity index is 0.00000364. The van der Waals surface area contributed by atoms with Crippen molar-refractivity contribution in [3.05, 3.63) is 47.8 Å². The highest BCUT2D eigenvalue weighted by atomic mass is 127. The van der Waals surface area contributed by atoms with Crippen LogP contribution in [0.15, 0.2) is 41.7 Å². The minimum Gasteiger partial charge on any atom is -0.493 e. The van der Waals surface area contributed by atoms with Crippen LogP contribution in [0, 0.1) is 5.92 Å². The van der Waals surface area contributed by atoms with E-state index in [9.17, 15) is 0 Å². The summed E-state index contributed by atoms with van der Waals surface area (Å²) >= 11 is 0. The van der Waals surface area contributed by atoms with Gasteiger partial charge in [-0.15, -0.1) is 24.0 Å². The maximum atomic E-state index is 5.74. The molecule has 2 rings (SSSR count). The van der Waals surface area contributed by atoms with E-state index in [1.54, 1.807) is 7.05 Å². The van der Waals surface area contributed by atoms with E-state index in [0.29, 0.717) is 5.92 Å². The summed E-state index contributed by atoms with van der Waals surface area (Å²) in [6, 6.07) is 8.38. The molecule has 1 heterocycles. The molecule has 0 spiro atoms. The number of nitrogens with zero attached hydrogens (tertiary/aromatic N) is 3. The maximum Gasteiger partial charge on any atom is 0.191 e. The van der Waals surface area contributed by atoms with E-state index in [0.717, 1.165) is 31.3 Å². The van der Waals surface area contributed by atoms with E-state index in [-0.39, 0.29) is 30.0 Å². The van der Waals surface area contributed by atoms with Crippen LogP contribution in [0.1, 0.15) is 37.9 Å². The van der Waals surface area contributed by atoms with Crippen molar-refractivity contribution in [2.75, 3.05) is 20.2 Å². The number of halogens is 1. The Morgan fingerprint density at radius 1 is 1.22 bits per heavy atom. The van der Waals surface area contributed by atoms with Gasteiger partial charge in [-0.1, -0.05) is 26.0 Å². The van der Waals surface area contributed by atoms with Crippen molar-refractivity contribution in [2.24, 2.45) is 18.0 Å². The van der Waals surface area contributed by atoms with Crippen molar-refractivity contribution in [3.63, 3.8) is 0 Å². The van der Waals surface area contributed by atoms with Crippen LogP contribution in [-0.4, -0.2) is 35.9 Å². The van der Waals surface area contributed by atoms with E-state index < -0.39 is 0 Å². The van der Waals surface area contributed by atoms with Crippen molar-refractivity contribution >= 4 is 29.9 Å². The number of benzene rings is 1. The van der Waals surface area contributed by atoms with Crippen LogP contribution in [0.4, 0.5) is 0 Å². The minimum absolute atomic E-state index is 0. The van der Waals surface area contributed by atoms with Crippen LogP contribution in [0.25, 0.3) is 0 Å². The fraction of sp³-hybridized carbons (Fsp3) is 0.500. The summed E-state index contributed by atoms with van der Waals surface area (Å²) in [6.07, 6.45) is 4.83. The molecule has 0 bridgehead atoms. The lowest BCUT2D eigenvalue weighted by atomic mass is 10.1. The van der Waals surface area contributed by atoms with Crippen molar-refractivity contribution in [1.29, 1.82) is 0 Å². The standard InChI is InChI=1S/C20H31N5O.HI/c1-15(2)14-26-19-8-6-18(7-9-19)16(3)24-20(21-4)22-11-10-17-12-23-25(5)13-17;/h6-9,12-13,15-16H,10-11,14H2,1-5H3,(H2,21,22,24);1H. The number of aromatic nitrogens is 2. The molecule has 0 saturated carbocycles. The SMILES string of the molecule is CN=C(NCCc1cnn(C)c1)NC(C)c1ccc(OCC(C)C)cc1.I. The summed E-state index contributed by atoms with van der Waals surface area (Å²) in [5, 5.41) is 11.0. The Morgan fingerprint density at radius 2 is 1.93 bits per heavy atom. The topological polar surface area (TPSA) is 63.5 Å². The van der Waals surface area contributed by atoms with Gasteiger partial charge in [0, 0.05) is 26.8 Å². The van der Waals surface area contributed by atoms with Gasteiger partial charge in [0.1, 0.15) is 5.75 Å². The number of aliphatic imine (C=N–C) groups is 1. The van der Waals surface area contributed by atoms with Crippen LogP contribution in [0.3, 0.4) is 0 Å². The van der Waals surface area contributed by atoms with Crippen molar-refractivity contribution < 1.29 is 4.74 Å². The zero-order valence-electron chi connectivity index (χ0n) is 16.9. The van der Waals surface area contributed by atoms with Gasteiger partial charge in [0.25, 0.3) is 0 Å². The van der Waals surface area contributed by atoms with E-state index in [1.165, 1.54) is 11.1 Å². The van der Waals surface area contributed by atoms with Gasteiger partial charge >= 0.3 is 0 Å². The van der Waals surface area contributed by atoms with Crippen molar-refractivity contribution in [3.8, 4) is 5.75 Å². The van der Waals surface area contributed by atoms with E-state index in [2.05, 4.69) is 53.6 Å². The molecule has 0 aliphatic rings. The molecule has 0 radical (unpaired) electrons. The molecule has 1 aromatic carbocycles. The molecular formula is C20H32IN5O. The van der Waals surface area contributed by atoms with Gasteiger partial charge in [0.2, 0.25) is 0 Å². The number of guanidine groups is 1. The molecule has 1 atom stereocenters. The Kier molecular flexibility index (Phi) is 10.2. The second-order valence-electron chi connectivity index (χ2n) is 6.91. The predicted molar refractivity (Wildman–Crippen MR) is 122 cm³/mol. The van der Waals surface area contributed by atoms with E-state index in [1.807, 2.05) is 36.3 Å². The molecular weight excluding hydrogens is 453 g/mol. The molecule has 2 aromatic rings. The Bertz CT molecular complexity index is 697. The first kappa shape index (κ1) is 23.3. The van der Waals surface area contributed by atoms with Gasteiger partial charge in [-0.05, 0) is 42.5 Å². The Hall–Kier alpha value is -1.77. The highest BCUT2D eigenvalue weighted by Gasteiger charge is 2.08. The lowest BCUT2D eigenvalue weighted by molar-refractivity contribution is 0.271. The zero-order valence-corrected chi connectivity index (χ0v) is 19.2. The largest absolute Gasteiger partial charge is 0.493 e. The first-order valence-electron chi connectivity index (χ1n) is 9.15. The number of rotatable bonds is 8. The summed E-state index contributed by atoms with van der Waals surface area (Å²) in [7, 11) is 3.72. The van der Waals surface area contributed by atoms with Gasteiger partial charge in [0.15, 0.2) is 5.96 Å². The maximum absolute atomic E-state index is 5.74. The van der Waals surface area contributed by atoms with Crippen LogP contribution in [-0.2, 0) is 13.5 Å². The Labute approximate surface area is 179 Å². The lowest BCUT2D eigenvalue weighted by Gasteiger charge is -2.18. The highest BCUT2D eigenvalue weighted by Crippen LogP contribution is 2.18. The number of hydrogen-bond acceptors (Lipinski definition) is 3. The molecule has 0 fully saturated rings. The number of hydrogen-bond donors (Lipinski definition) is 2.